The second kappa shape index (κ2) is 4.47. The lowest BCUT2D eigenvalue weighted by Gasteiger charge is -2.10. The molecule has 0 spiro atoms. The molecule has 0 amide bonds. The van der Waals surface area contributed by atoms with E-state index in [0.717, 1.165) is 11.3 Å². The number of halogens is 2. The van der Waals surface area contributed by atoms with E-state index in [2.05, 4.69) is 4.74 Å². The topological polar surface area (TPSA) is 52.3 Å². The lowest BCUT2D eigenvalue weighted by Crippen LogP contribution is -2.20. The Kier molecular flexibility index (Phi) is 3.54. The maximum Gasteiger partial charge on any atom is 0.348 e. The van der Waals surface area contributed by atoms with Gasteiger partial charge in [-0.15, -0.1) is 11.3 Å². The summed E-state index contributed by atoms with van der Waals surface area (Å²) < 4.78 is 29.0. The summed E-state index contributed by atoms with van der Waals surface area (Å²) >= 11 is 1.04. The van der Waals surface area contributed by atoms with Gasteiger partial charge in [0.25, 0.3) is 6.43 Å². The van der Waals surface area contributed by atoms with Crippen LogP contribution >= 0.6 is 11.3 Å². The van der Waals surface area contributed by atoms with Gasteiger partial charge < -0.3 is 10.5 Å². The molecule has 0 radical (unpaired) electrons. The molecular formula is C8H9F2NO2S. The van der Waals surface area contributed by atoms with Gasteiger partial charge >= 0.3 is 5.97 Å². The van der Waals surface area contributed by atoms with Gasteiger partial charge in [-0.05, 0) is 17.0 Å². The van der Waals surface area contributed by atoms with E-state index < -0.39 is 18.4 Å². The molecule has 0 saturated carbocycles. The van der Waals surface area contributed by atoms with E-state index in [0.29, 0.717) is 0 Å². The first-order valence-corrected chi connectivity index (χ1v) is 4.65. The summed E-state index contributed by atoms with van der Waals surface area (Å²) in [4.78, 5) is 11.2. The number of nitrogens with two attached hydrogens (primary N) is 1. The molecule has 0 aliphatic carbocycles. The van der Waals surface area contributed by atoms with Gasteiger partial charge in [-0.1, -0.05) is 0 Å². The molecule has 0 aliphatic heterocycles. The Labute approximate surface area is 83.5 Å². The molecule has 2 N–H and O–H groups in total. The molecule has 0 aromatic carbocycles. The first-order valence-electron chi connectivity index (χ1n) is 3.77. The number of methoxy groups -OCH3 is 1. The summed E-state index contributed by atoms with van der Waals surface area (Å²) in [7, 11) is 1.19. The Hall–Kier alpha value is -1.01. The average molecular weight is 221 g/mol. The number of rotatable bonds is 3. The zero-order valence-electron chi connectivity index (χ0n) is 7.37. The molecule has 0 fully saturated rings. The third-order valence-corrected chi connectivity index (χ3v) is 2.61. The fraction of sp³-hybridized carbons (Fsp3) is 0.375. The largest absolute Gasteiger partial charge is 0.465 e. The molecule has 0 aliphatic rings. The third kappa shape index (κ3) is 2.08. The van der Waals surface area contributed by atoms with Crippen LogP contribution in [0.15, 0.2) is 11.4 Å². The van der Waals surface area contributed by atoms with Crippen molar-refractivity contribution in [1.29, 1.82) is 0 Å². The molecule has 78 valence electrons. The Bertz CT molecular complexity index is 327. The zero-order valence-corrected chi connectivity index (χ0v) is 8.18. The predicted molar refractivity (Wildman–Crippen MR) is 48.6 cm³/mol. The molecule has 1 aromatic rings. The Balaban J connectivity index is 2.98. The number of esters is 1. The van der Waals surface area contributed by atoms with Crippen LogP contribution in [0.25, 0.3) is 0 Å². The SMILES string of the molecule is COC(=O)c1sccc1C(N)C(F)F. The van der Waals surface area contributed by atoms with Gasteiger partial charge in [-0.25, -0.2) is 13.6 Å². The highest BCUT2D eigenvalue weighted by Gasteiger charge is 2.24. The summed E-state index contributed by atoms with van der Waals surface area (Å²) in [6, 6.07) is -0.0244. The number of thiophene rings is 1. The highest BCUT2D eigenvalue weighted by Crippen LogP contribution is 2.26. The fourth-order valence-electron chi connectivity index (χ4n) is 0.976. The lowest BCUT2D eigenvalue weighted by molar-refractivity contribution is 0.0601. The minimum Gasteiger partial charge on any atom is -0.465 e. The number of ether oxygens (including phenoxy) is 1. The van der Waals surface area contributed by atoms with Crippen LogP contribution in [0, 0.1) is 0 Å². The molecule has 1 heterocycles. The van der Waals surface area contributed by atoms with Crippen LogP contribution < -0.4 is 5.73 Å². The van der Waals surface area contributed by atoms with Crippen molar-refractivity contribution < 1.29 is 18.3 Å². The van der Waals surface area contributed by atoms with Crippen LogP contribution in [-0.4, -0.2) is 19.5 Å². The van der Waals surface area contributed by atoms with E-state index in [-0.39, 0.29) is 10.4 Å². The Morgan fingerprint density at radius 3 is 2.79 bits per heavy atom. The van der Waals surface area contributed by atoms with Crippen molar-refractivity contribution in [1.82, 2.24) is 0 Å². The van der Waals surface area contributed by atoms with Crippen molar-refractivity contribution in [2.45, 2.75) is 12.5 Å². The molecule has 1 aromatic heterocycles. The number of hydrogen-bond donors (Lipinski definition) is 1. The van der Waals surface area contributed by atoms with Gasteiger partial charge in [0.1, 0.15) is 4.88 Å². The van der Waals surface area contributed by atoms with Crippen molar-refractivity contribution in [2.75, 3.05) is 7.11 Å². The summed E-state index contributed by atoms with van der Waals surface area (Å²) in [5.74, 6) is -0.633. The van der Waals surface area contributed by atoms with E-state index in [1.165, 1.54) is 18.6 Å². The first-order chi connectivity index (χ1) is 6.57. The molecule has 3 nitrogen and oxygen atoms in total. The molecule has 0 bridgehead atoms. The van der Waals surface area contributed by atoms with Crippen molar-refractivity contribution >= 4 is 17.3 Å². The number of hydrogen-bond acceptors (Lipinski definition) is 4. The monoisotopic (exact) mass is 221 g/mol. The van der Waals surface area contributed by atoms with Crippen molar-refractivity contribution in [2.24, 2.45) is 5.73 Å². The zero-order chi connectivity index (χ0) is 10.7. The maximum absolute atomic E-state index is 12.3. The highest BCUT2D eigenvalue weighted by atomic mass is 32.1. The van der Waals surface area contributed by atoms with Gasteiger partial charge in [0, 0.05) is 0 Å². The summed E-state index contributed by atoms with van der Waals surface area (Å²) in [6.45, 7) is 0. The number of carbonyl (C=O) groups is 1. The molecule has 1 rings (SSSR count). The quantitative estimate of drug-likeness (QED) is 0.792. The van der Waals surface area contributed by atoms with Crippen LogP contribution in [0.2, 0.25) is 0 Å². The van der Waals surface area contributed by atoms with Gasteiger partial charge in [0.2, 0.25) is 0 Å². The fourth-order valence-corrected chi connectivity index (χ4v) is 1.85. The minimum absolute atomic E-state index is 0.136. The second-order valence-corrected chi connectivity index (χ2v) is 3.47. The van der Waals surface area contributed by atoms with E-state index in [1.54, 1.807) is 0 Å². The lowest BCUT2D eigenvalue weighted by atomic mass is 10.1. The molecule has 0 saturated heterocycles. The second-order valence-electron chi connectivity index (χ2n) is 2.56. The predicted octanol–water partition coefficient (Wildman–Crippen LogP) is 1.80. The van der Waals surface area contributed by atoms with E-state index >= 15 is 0 Å². The molecule has 6 heteroatoms. The van der Waals surface area contributed by atoms with E-state index in [9.17, 15) is 13.6 Å². The van der Waals surface area contributed by atoms with Gasteiger partial charge in [0.15, 0.2) is 0 Å². The summed E-state index contributed by atoms with van der Waals surface area (Å²) in [6.07, 6.45) is -2.69. The molecular weight excluding hydrogens is 212 g/mol. The van der Waals surface area contributed by atoms with Crippen LogP contribution in [0.4, 0.5) is 8.78 Å². The number of carbonyl (C=O) groups excluding carboxylic acids is 1. The van der Waals surface area contributed by atoms with Crippen molar-refractivity contribution in [3.63, 3.8) is 0 Å². The maximum atomic E-state index is 12.3. The van der Waals surface area contributed by atoms with Crippen molar-refractivity contribution in [3.8, 4) is 0 Å². The van der Waals surface area contributed by atoms with E-state index in [4.69, 9.17) is 5.73 Å². The molecule has 1 unspecified atom stereocenters. The van der Waals surface area contributed by atoms with Gasteiger partial charge in [0.05, 0.1) is 13.2 Å². The van der Waals surface area contributed by atoms with Crippen LogP contribution in [0.1, 0.15) is 21.3 Å². The standard InChI is InChI=1S/C8H9F2NO2S/c1-13-8(12)6-4(2-3-14-6)5(11)7(9)10/h2-3,5,7H,11H2,1H3. The molecule has 14 heavy (non-hydrogen) atoms. The minimum atomic E-state index is -2.69. The average Bonchev–Trinajstić information content (AvgIpc) is 2.63. The van der Waals surface area contributed by atoms with Gasteiger partial charge in [-0.2, -0.15) is 0 Å². The van der Waals surface area contributed by atoms with Crippen LogP contribution in [0.3, 0.4) is 0 Å². The van der Waals surface area contributed by atoms with E-state index in [1.807, 2.05) is 0 Å². The third-order valence-electron chi connectivity index (χ3n) is 1.70. The normalized spacial score (nSPS) is 12.9. The highest BCUT2D eigenvalue weighted by molar-refractivity contribution is 7.12. The van der Waals surface area contributed by atoms with Gasteiger partial charge in [-0.3, -0.25) is 0 Å². The number of alkyl halides is 2. The van der Waals surface area contributed by atoms with Crippen LogP contribution in [0.5, 0.6) is 0 Å². The van der Waals surface area contributed by atoms with Crippen LogP contribution in [-0.2, 0) is 4.74 Å². The summed E-state index contributed by atoms with van der Waals surface area (Å²) in [5, 5.41) is 1.53. The first kappa shape index (κ1) is 11.1. The smallest absolute Gasteiger partial charge is 0.348 e. The summed E-state index contributed by atoms with van der Waals surface area (Å²) in [5.41, 5.74) is 5.36. The Morgan fingerprint density at radius 1 is 1.64 bits per heavy atom. The Morgan fingerprint density at radius 2 is 2.29 bits per heavy atom. The van der Waals surface area contributed by atoms with Crippen molar-refractivity contribution in [3.05, 3.63) is 21.9 Å². The molecule has 1 atom stereocenters.